The van der Waals surface area contributed by atoms with E-state index in [2.05, 4.69) is 0 Å². The Kier molecular flexibility index (Phi) is 7.77. The van der Waals surface area contributed by atoms with E-state index in [0.717, 1.165) is 60.9 Å². The summed E-state index contributed by atoms with van der Waals surface area (Å²) in [5.41, 5.74) is 3.46. The second-order valence-electron chi connectivity index (χ2n) is 10.3. The Bertz CT molecular complexity index is 1180. The molecule has 0 saturated heterocycles. The molecule has 7 heteroatoms. The van der Waals surface area contributed by atoms with Gasteiger partial charge in [-0.15, -0.1) is 0 Å². The van der Waals surface area contributed by atoms with E-state index in [4.69, 9.17) is 9.84 Å². The summed E-state index contributed by atoms with van der Waals surface area (Å²) in [6.45, 7) is -0.373. The van der Waals surface area contributed by atoms with Crippen LogP contribution in [-0.4, -0.2) is 29.2 Å². The van der Waals surface area contributed by atoms with Crippen LogP contribution in [0.2, 0.25) is 0 Å². The third kappa shape index (κ3) is 5.97. The summed E-state index contributed by atoms with van der Waals surface area (Å²) in [4.78, 5) is 25.6. The highest BCUT2D eigenvalue weighted by atomic mass is 19.1. The highest BCUT2D eigenvalue weighted by molar-refractivity contribution is 6.08. The number of fused-ring (bicyclic) bond motifs is 1. The SMILES string of the molecule is O=C(CCC1CCCC1)OCC(=O)N1N=C2C(=Cc3ccc(F)cc3)CCCC2C1c1ccc(F)cc1. The summed E-state index contributed by atoms with van der Waals surface area (Å²) in [6, 6.07) is 12.0. The molecule has 1 aliphatic heterocycles. The number of nitrogens with zero attached hydrogens (tertiary/aromatic N) is 2. The predicted molar refractivity (Wildman–Crippen MR) is 137 cm³/mol. The minimum absolute atomic E-state index is 0.0621. The summed E-state index contributed by atoms with van der Waals surface area (Å²) >= 11 is 0. The van der Waals surface area contributed by atoms with E-state index >= 15 is 0 Å². The average molecular weight is 507 g/mol. The largest absolute Gasteiger partial charge is 0.455 e. The summed E-state index contributed by atoms with van der Waals surface area (Å²) < 4.78 is 32.4. The van der Waals surface area contributed by atoms with Gasteiger partial charge in [-0.25, -0.2) is 13.8 Å². The van der Waals surface area contributed by atoms with Gasteiger partial charge >= 0.3 is 5.97 Å². The molecule has 1 amide bonds. The monoisotopic (exact) mass is 506 g/mol. The van der Waals surface area contributed by atoms with Crippen LogP contribution < -0.4 is 0 Å². The van der Waals surface area contributed by atoms with Gasteiger partial charge in [-0.2, -0.15) is 5.10 Å². The molecule has 2 aromatic carbocycles. The number of amides is 1. The highest BCUT2D eigenvalue weighted by Gasteiger charge is 2.43. The molecule has 194 valence electrons. The van der Waals surface area contributed by atoms with E-state index in [9.17, 15) is 18.4 Å². The normalized spacial score (nSPS) is 22.7. The molecule has 3 aliphatic rings. The maximum Gasteiger partial charge on any atom is 0.306 e. The van der Waals surface area contributed by atoms with Gasteiger partial charge < -0.3 is 4.74 Å². The first-order valence-corrected chi connectivity index (χ1v) is 13.3. The zero-order valence-corrected chi connectivity index (χ0v) is 20.9. The van der Waals surface area contributed by atoms with E-state index in [1.165, 1.54) is 42.1 Å². The quantitative estimate of drug-likeness (QED) is 0.398. The van der Waals surface area contributed by atoms with Gasteiger partial charge in [-0.05, 0) is 78.6 Å². The lowest BCUT2D eigenvalue weighted by atomic mass is 9.77. The molecule has 0 radical (unpaired) electrons. The van der Waals surface area contributed by atoms with Crippen LogP contribution in [0.15, 0.2) is 59.2 Å². The molecule has 0 N–H and O–H groups in total. The van der Waals surface area contributed by atoms with Gasteiger partial charge in [0.1, 0.15) is 11.6 Å². The van der Waals surface area contributed by atoms with Crippen molar-refractivity contribution in [2.45, 2.75) is 63.8 Å². The van der Waals surface area contributed by atoms with Crippen molar-refractivity contribution in [3.05, 3.63) is 76.9 Å². The molecule has 5 rings (SSSR count). The zero-order chi connectivity index (χ0) is 25.8. The summed E-state index contributed by atoms with van der Waals surface area (Å²) in [5.74, 6) is -0.893. The fraction of sp³-hybridized carbons (Fsp3) is 0.433. The highest BCUT2D eigenvalue weighted by Crippen LogP contribution is 2.44. The molecule has 0 spiro atoms. The molecule has 2 aliphatic carbocycles. The van der Waals surface area contributed by atoms with Crippen LogP contribution in [0.4, 0.5) is 8.78 Å². The first kappa shape index (κ1) is 25.3. The van der Waals surface area contributed by atoms with E-state index in [1.807, 2.05) is 6.08 Å². The van der Waals surface area contributed by atoms with Crippen LogP contribution in [0.1, 0.15) is 75.0 Å². The first-order chi connectivity index (χ1) is 18.0. The second kappa shape index (κ2) is 11.4. The topological polar surface area (TPSA) is 59.0 Å². The number of benzene rings is 2. The predicted octanol–water partition coefficient (Wildman–Crippen LogP) is 6.60. The van der Waals surface area contributed by atoms with Gasteiger partial charge in [0.2, 0.25) is 0 Å². The Hall–Kier alpha value is -3.35. The Morgan fingerprint density at radius 3 is 2.32 bits per heavy atom. The molecule has 2 atom stereocenters. The molecule has 2 fully saturated rings. The Morgan fingerprint density at radius 2 is 1.62 bits per heavy atom. The van der Waals surface area contributed by atoms with Crippen LogP contribution in [-0.2, 0) is 14.3 Å². The van der Waals surface area contributed by atoms with Crippen LogP contribution in [0.25, 0.3) is 6.08 Å². The lowest BCUT2D eigenvalue weighted by Crippen LogP contribution is -2.34. The van der Waals surface area contributed by atoms with Crippen molar-refractivity contribution in [3.8, 4) is 0 Å². The number of hydrazone groups is 1. The average Bonchev–Trinajstić information content (AvgIpc) is 3.57. The third-order valence-electron chi connectivity index (χ3n) is 7.77. The Balaban J connectivity index is 1.35. The van der Waals surface area contributed by atoms with Gasteiger partial charge in [0.05, 0.1) is 11.8 Å². The standard InChI is InChI=1S/C30H32F2N2O3/c31-24-13-8-21(9-14-24)18-23-6-3-7-26-29(23)33-34(30(26)22-11-15-25(32)16-12-22)27(35)19-37-28(36)17-10-20-4-1-2-5-20/h8-9,11-16,18,20,26,30H,1-7,10,17,19H2. The maximum atomic E-state index is 13.7. The van der Waals surface area contributed by atoms with Gasteiger partial charge in [0.25, 0.3) is 5.91 Å². The van der Waals surface area contributed by atoms with Crippen LogP contribution in [0.3, 0.4) is 0 Å². The molecule has 1 heterocycles. The maximum absolute atomic E-state index is 13.7. The molecule has 2 unspecified atom stereocenters. The number of allylic oxidation sites excluding steroid dienone is 1. The first-order valence-electron chi connectivity index (χ1n) is 13.3. The van der Waals surface area contributed by atoms with Crippen LogP contribution >= 0.6 is 0 Å². The van der Waals surface area contributed by atoms with Crippen molar-refractivity contribution in [3.63, 3.8) is 0 Å². The molecule has 0 aromatic heterocycles. The molecule has 37 heavy (non-hydrogen) atoms. The third-order valence-corrected chi connectivity index (χ3v) is 7.77. The lowest BCUT2D eigenvalue weighted by molar-refractivity contribution is -0.153. The molecule has 0 bridgehead atoms. The number of halogens is 2. The van der Waals surface area contributed by atoms with Crippen molar-refractivity contribution in [2.24, 2.45) is 16.9 Å². The van der Waals surface area contributed by atoms with E-state index < -0.39 is 11.9 Å². The fourth-order valence-electron chi connectivity index (χ4n) is 5.86. The minimum Gasteiger partial charge on any atom is -0.455 e. The number of esters is 1. The van der Waals surface area contributed by atoms with Crippen molar-refractivity contribution in [1.82, 2.24) is 5.01 Å². The van der Waals surface area contributed by atoms with E-state index in [0.29, 0.717) is 12.3 Å². The summed E-state index contributed by atoms with van der Waals surface area (Å²) in [7, 11) is 0. The van der Waals surface area contributed by atoms with E-state index in [1.54, 1.807) is 24.3 Å². The molecule has 5 nitrogen and oxygen atoms in total. The number of hydrogen-bond acceptors (Lipinski definition) is 4. The Morgan fingerprint density at radius 1 is 0.946 bits per heavy atom. The zero-order valence-electron chi connectivity index (χ0n) is 20.9. The lowest BCUT2D eigenvalue weighted by Gasteiger charge is -2.29. The van der Waals surface area contributed by atoms with Crippen molar-refractivity contribution >= 4 is 23.7 Å². The summed E-state index contributed by atoms with van der Waals surface area (Å²) in [6.07, 6.45) is 10.4. The van der Waals surface area contributed by atoms with Crippen molar-refractivity contribution in [1.29, 1.82) is 0 Å². The second-order valence-corrected chi connectivity index (χ2v) is 10.3. The number of carbonyl (C=O) groups excluding carboxylic acids is 2. The van der Waals surface area contributed by atoms with Crippen molar-refractivity contribution < 1.29 is 23.1 Å². The molecule has 2 aromatic rings. The number of carbonyl (C=O) groups is 2. The number of rotatable bonds is 7. The summed E-state index contributed by atoms with van der Waals surface area (Å²) in [5, 5.41) is 6.16. The van der Waals surface area contributed by atoms with Gasteiger partial charge in [0, 0.05) is 12.3 Å². The van der Waals surface area contributed by atoms with Crippen LogP contribution in [0.5, 0.6) is 0 Å². The Labute approximate surface area is 216 Å². The van der Waals surface area contributed by atoms with Gasteiger partial charge in [0.15, 0.2) is 6.61 Å². The molecular weight excluding hydrogens is 474 g/mol. The number of ether oxygens (including phenoxy) is 1. The minimum atomic E-state index is -0.405. The molecule has 2 saturated carbocycles. The number of hydrogen-bond donors (Lipinski definition) is 0. The molecular formula is C30H32F2N2O3. The van der Waals surface area contributed by atoms with Gasteiger partial charge in [-0.1, -0.05) is 49.9 Å². The fourth-order valence-corrected chi connectivity index (χ4v) is 5.86. The van der Waals surface area contributed by atoms with E-state index in [-0.39, 0.29) is 30.1 Å². The van der Waals surface area contributed by atoms with Crippen molar-refractivity contribution in [2.75, 3.05) is 6.61 Å². The van der Waals surface area contributed by atoms with Crippen LogP contribution in [0, 0.1) is 23.5 Å². The van der Waals surface area contributed by atoms with Gasteiger partial charge in [-0.3, -0.25) is 9.59 Å². The smallest absolute Gasteiger partial charge is 0.306 e.